The van der Waals surface area contributed by atoms with Gasteiger partial charge in [-0.3, -0.25) is 0 Å². The predicted octanol–water partition coefficient (Wildman–Crippen LogP) is 2.44. The van der Waals surface area contributed by atoms with Gasteiger partial charge in [0, 0.05) is 5.56 Å². The number of nitrogens with zero attached hydrogens (tertiary/aromatic N) is 4. The van der Waals surface area contributed by atoms with Crippen molar-refractivity contribution >= 4 is 12.2 Å². The lowest BCUT2D eigenvalue weighted by atomic mass is 10.1. The molecule has 0 aliphatic rings. The number of aromatic carboxylic acids is 1. The molecule has 0 spiro atoms. The summed E-state index contributed by atoms with van der Waals surface area (Å²) in [7, 11) is 0. The number of para-hydroxylation sites is 1. The molecule has 0 saturated heterocycles. The smallest absolute Gasteiger partial charge is 0.335 e. The largest absolute Gasteiger partial charge is 0.488 e. The standard InChI is InChI=1S/C17H14N4O3/c22-17(23)14-7-5-13(6-8-14)10-24-16-4-2-1-3-15(16)9-20-21-11-18-19-12-21/h1-9,11-12H,10H2,(H,22,23)/b20-9+. The monoisotopic (exact) mass is 322 g/mol. The SMILES string of the molecule is O=C(O)c1ccc(COc2ccccc2/C=N/n2cnnc2)cc1. The fraction of sp³-hybridized carbons (Fsp3) is 0.0588. The Morgan fingerprint density at radius 3 is 2.54 bits per heavy atom. The van der Waals surface area contributed by atoms with Crippen LogP contribution in [-0.2, 0) is 6.61 Å². The number of benzene rings is 2. The van der Waals surface area contributed by atoms with E-state index < -0.39 is 5.97 Å². The topological polar surface area (TPSA) is 89.6 Å². The third-order valence-corrected chi connectivity index (χ3v) is 3.25. The van der Waals surface area contributed by atoms with Crippen LogP contribution in [0.4, 0.5) is 0 Å². The van der Waals surface area contributed by atoms with Crippen molar-refractivity contribution in [2.45, 2.75) is 6.61 Å². The van der Waals surface area contributed by atoms with Crippen molar-refractivity contribution in [1.29, 1.82) is 0 Å². The number of carbonyl (C=O) groups is 1. The van der Waals surface area contributed by atoms with Crippen LogP contribution in [0.1, 0.15) is 21.5 Å². The van der Waals surface area contributed by atoms with E-state index in [1.807, 2.05) is 24.3 Å². The molecule has 0 fully saturated rings. The minimum Gasteiger partial charge on any atom is -0.488 e. The average Bonchev–Trinajstić information content (AvgIpc) is 3.12. The van der Waals surface area contributed by atoms with E-state index in [2.05, 4.69) is 15.3 Å². The lowest BCUT2D eigenvalue weighted by Gasteiger charge is -2.09. The van der Waals surface area contributed by atoms with Crippen molar-refractivity contribution in [3.63, 3.8) is 0 Å². The maximum absolute atomic E-state index is 10.8. The van der Waals surface area contributed by atoms with Gasteiger partial charge in [0.2, 0.25) is 0 Å². The number of carboxylic acid groups (broad SMARTS) is 1. The van der Waals surface area contributed by atoms with Crippen molar-refractivity contribution in [2.24, 2.45) is 5.10 Å². The van der Waals surface area contributed by atoms with E-state index >= 15 is 0 Å². The second-order valence-corrected chi connectivity index (χ2v) is 4.92. The van der Waals surface area contributed by atoms with E-state index in [0.717, 1.165) is 11.1 Å². The summed E-state index contributed by atoms with van der Waals surface area (Å²) in [6.07, 6.45) is 4.64. The molecule has 1 heterocycles. The van der Waals surface area contributed by atoms with Crippen LogP contribution < -0.4 is 4.74 Å². The molecule has 1 N–H and O–H groups in total. The maximum atomic E-state index is 10.8. The zero-order valence-electron chi connectivity index (χ0n) is 12.6. The normalized spacial score (nSPS) is 10.8. The van der Waals surface area contributed by atoms with E-state index in [1.54, 1.807) is 30.5 Å². The van der Waals surface area contributed by atoms with Crippen LogP contribution in [0, 0.1) is 0 Å². The number of hydrogen-bond donors (Lipinski definition) is 1. The molecule has 0 amide bonds. The highest BCUT2D eigenvalue weighted by Gasteiger charge is 2.04. The van der Waals surface area contributed by atoms with E-state index in [-0.39, 0.29) is 5.56 Å². The van der Waals surface area contributed by atoms with Gasteiger partial charge in [-0.15, -0.1) is 10.2 Å². The number of ether oxygens (including phenoxy) is 1. The molecule has 3 aromatic rings. The molecule has 0 aliphatic carbocycles. The molecule has 2 aromatic carbocycles. The molecule has 0 bridgehead atoms. The van der Waals surface area contributed by atoms with Crippen LogP contribution in [0.3, 0.4) is 0 Å². The molecule has 0 saturated carbocycles. The third-order valence-electron chi connectivity index (χ3n) is 3.25. The van der Waals surface area contributed by atoms with Crippen LogP contribution in [-0.4, -0.2) is 32.2 Å². The third kappa shape index (κ3) is 3.83. The van der Waals surface area contributed by atoms with Gasteiger partial charge in [-0.2, -0.15) is 5.10 Å². The van der Waals surface area contributed by atoms with Gasteiger partial charge >= 0.3 is 5.97 Å². The quantitative estimate of drug-likeness (QED) is 0.704. The molecule has 1 aromatic heterocycles. The van der Waals surface area contributed by atoms with Crippen molar-refractivity contribution in [2.75, 3.05) is 0 Å². The maximum Gasteiger partial charge on any atom is 0.335 e. The van der Waals surface area contributed by atoms with E-state index in [9.17, 15) is 4.79 Å². The molecule has 0 atom stereocenters. The van der Waals surface area contributed by atoms with Crippen molar-refractivity contribution in [3.8, 4) is 5.75 Å². The summed E-state index contributed by atoms with van der Waals surface area (Å²) in [5, 5.41) is 20.5. The molecule has 0 unspecified atom stereocenters. The fourth-order valence-corrected chi connectivity index (χ4v) is 2.01. The Hall–Kier alpha value is -3.48. The molecule has 0 radical (unpaired) electrons. The molecule has 3 rings (SSSR count). The zero-order chi connectivity index (χ0) is 16.8. The Labute approximate surface area is 137 Å². The summed E-state index contributed by atoms with van der Waals surface area (Å²) in [6, 6.07) is 14.1. The lowest BCUT2D eigenvalue weighted by molar-refractivity contribution is 0.0697. The van der Waals surface area contributed by atoms with E-state index in [1.165, 1.54) is 17.3 Å². The van der Waals surface area contributed by atoms with E-state index in [4.69, 9.17) is 9.84 Å². The van der Waals surface area contributed by atoms with Crippen LogP contribution in [0.5, 0.6) is 5.75 Å². The highest BCUT2D eigenvalue weighted by molar-refractivity contribution is 5.87. The van der Waals surface area contributed by atoms with Gasteiger partial charge in [0.25, 0.3) is 0 Å². The summed E-state index contributed by atoms with van der Waals surface area (Å²) in [4.78, 5) is 10.8. The van der Waals surface area contributed by atoms with Crippen molar-refractivity contribution in [1.82, 2.24) is 14.9 Å². The van der Waals surface area contributed by atoms with Crippen LogP contribution in [0.25, 0.3) is 0 Å². The minimum atomic E-state index is -0.946. The zero-order valence-corrected chi connectivity index (χ0v) is 12.6. The number of hydrogen-bond acceptors (Lipinski definition) is 5. The first-order valence-electron chi connectivity index (χ1n) is 7.15. The predicted molar refractivity (Wildman–Crippen MR) is 87.2 cm³/mol. The fourth-order valence-electron chi connectivity index (χ4n) is 2.01. The van der Waals surface area contributed by atoms with Crippen molar-refractivity contribution in [3.05, 3.63) is 77.9 Å². The molecule has 7 nitrogen and oxygen atoms in total. The molecular weight excluding hydrogens is 308 g/mol. The molecular formula is C17H14N4O3. The van der Waals surface area contributed by atoms with Gasteiger partial charge in [-0.1, -0.05) is 24.3 Å². The number of aromatic nitrogens is 3. The highest BCUT2D eigenvalue weighted by Crippen LogP contribution is 2.18. The van der Waals surface area contributed by atoms with E-state index in [0.29, 0.717) is 12.4 Å². The van der Waals surface area contributed by atoms with Gasteiger partial charge in [-0.05, 0) is 29.8 Å². The first-order valence-corrected chi connectivity index (χ1v) is 7.15. The van der Waals surface area contributed by atoms with Gasteiger partial charge in [0.05, 0.1) is 11.8 Å². The van der Waals surface area contributed by atoms with Crippen LogP contribution in [0.15, 0.2) is 66.3 Å². The lowest BCUT2D eigenvalue weighted by Crippen LogP contribution is -2.00. The molecule has 24 heavy (non-hydrogen) atoms. The second-order valence-electron chi connectivity index (χ2n) is 4.92. The highest BCUT2D eigenvalue weighted by atomic mass is 16.5. The summed E-state index contributed by atoms with van der Waals surface area (Å²) >= 11 is 0. The summed E-state index contributed by atoms with van der Waals surface area (Å²) in [5.41, 5.74) is 1.94. The van der Waals surface area contributed by atoms with Crippen LogP contribution in [0.2, 0.25) is 0 Å². The summed E-state index contributed by atoms with van der Waals surface area (Å²) < 4.78 is 7.30. The first kappa shape index (κ1) is 15.4. The Morgan fingerprint density at radius 2 is 1.83 bits per heavy atom. The Morgan fingerprint density at radius 1 is 1.12 bits per heavy atom. The van der Waals surface area contributed by atoms with Gasteiger partial charge in [-0.25, -0.2) is 9.47 Å². The summed E-state index contributed by atoms with van der Waals surface area (Å²) in [5.74, 6) is -0.269. The summed E-state index contributed by atoms with van der Waals surface area (Å²) in [6.45, 7) is 0.331. The van der Waals surface area contributed by atoms with Gasteiger partial charge in [0.1, 0.15) is 25.0 Å². The first-order chi connectivity index (χ1) is 11.7. The minimum absolute atomic E-state index is 0.250. The Bertz CT molecular complexity index is 843. The molecule has 0 aliphatic heterocycles. The second kappa shape index (κ2) is 7.19. The number of rotatable bonds is 6. The number of carboxylic acids is 1. The molecule has 120 valence electrons. The van der Waals surface area contributed by atoms with Gasteiger partial charge < -0.3 is 9.84 Å². The average molecular weight is 322 g/mol. The molecule has 7 heteroatoms. The Kier molecular flexibility index (Phi) is 4.62. The Balaban J connectivity index is 1.70. The van der Waals surface area contributed by atoms with Crippen molar-refractivity contribution < 1.29 is 14.6 Å². The van der Waals surface area contributed by atoms with Gasteiger partial charge in [0.15, 0.2) is 0 Å². The van der Waals surface area contributed by atoms with Crippen LogP contribution >= 0.6 is 0 Å².